The average Bonchev–Trinajstić information content (AvgIpc) is 2.63. The Hall–Kier alpha value is -1.55. The highest BCUT2D eigenvalue weighted by molar-refractivity contribution is 9.10. The molecule has 0 radical (unpaired) electrons. The lowest BCUT2D eigenvalue weighted by atomic mass is 10.1. The highest BCUT2D eigenvalue weighted by Crippen LogP contribution is 2.25. The molecule has 102 valence electrons. The largest absolute Gasteiger partial charge is 0.294 e. The zero-order chi connectivity index (χ0) is 14.1. The molecule has 0 spiro atoms. The van der Waals surface area contributed by atoms with Crippen LogP contribution in [0.4, 0.5) is 0 Å². The van der Waals surface area contributed by atoms with E-state index in [0.717, 1.165) is 35.0 Å². The third-order valence-corrected chi connectivity index (χ3v) is 4.52. The molecule has 0 bridgehead atoms. The van der Waals surface area contributed by atoms with Gasteiger partial charge in [-0.1, -0.05) is 28.1 Å². The normalized spacial score (nSPS) is 14.8. The van der Waals surface area contributed by atoms with Crippen LogP contribution < -0.4 is 0 Å². The number of aromatic nitrogens is 2. The van der Waals surface area contributed by atoms with Crippen LogP contribution in [0.3, 0.4) is 0 Å². The van der Waals surface area contributed by atoms with Crippen molar-refractivity contribution in [2.75, 3.05) is 0 Å². The van der Waals surface area contributed by atoms with Crippen LogP contribution in [0.2, 0.25) is 0 Å². The molecule has 0 fully saturated rings. The minimum Gasteiger partial charge on any atom is -0.294 e. The van der Waals surface area contributed by atoms with Crippen molar-refractivity contribution in [2.45, 2.75) is 32.6 Å². The van der Waals surface area contributed by atoms with Gasteiger partial charge in [0.05, 0.1) is 11.3 Å². The van der Waals surface area contributed by atoms with E-state index in [1.807, 2.05) is 25.1 Å². The monoisotopic (exact) mass is 330 g/mol. The first-order chi connectivity index (χ1) is 9.65. The van der Waals surface area contributed by atoms with E-state index in [-0.39, 0.29) is 5.78 Å². The highest BCUT2D eigenvalue weighted by Gasteiger charge is 2.18. The van der Waals surface area contributed by atoms with Crippen molar-refractivity contribution >= 4 is 21.7 Å². The highest BCUT2D eigenvalue weighted by atomic mass is 79.9. The Morgan fingerprint density at radius 3 is 2.80 bits per heavy atom. The van der Waals surface area contributed by atoms with Crippen LogP contribution in [0.15, 0.2) is 28.9 Å². The molecule has 0 aliphatic heterocycles. The van der Waals surface area contributed by atoms with Crippen LogP contribution in [0.25, 0.3) is 11.4 Å². The van der Waals surface area contributed by atoms with Crippen LogP contribution in [0.1, 0.15) is 40.9 Å². The number of nitrogens with zero attached hydrogens (tertiary/aromatic N) is 2. The third kappa shape index (κ3) is 2.52. The number of ketones is 1. The summed E-state index contributed by atoms with van der Waals surface area (Å²) in [5.74, 6) is 0.869. The second-order valence-corrected chi connectivity index (χ2v) is 6.00. The fourth-order valence-corrected chi connectivity index (χ4v) is 2.80. The zero-order valence-corrected chi connectivity index (χ0v) is 12.9. The first kappa shape index (κ1) is 13.4. The van der Waals surface area contributed by atoms with Gasteiger partial charge in [-0.2, -0.15) is 0 Å². The standard InChI is InChI=1S/C16H15BrN2O/c1-10-6-7-11(8-13(10)17)16-18-9-12-14(19-16)4-2-3-5-15(12)20/h6-9H,2-5H2,1H3. The van der Waals surface area contributed by atoms with Gasteiger partial charge in [0.2, 0.25) is 0 Å². The van der Waals surface area contributed by atoms with Gasteiger partial charge in [0.1, 0.15) is 0 Å². The molecule has 0 N–H and O–H groups in total. The minimum absolute atomic E-state index is 0.175. The van der Waals surface area contributed by atoms with E-state index >= 15 is 0 Å². The van der Waals surface area contributed by atoms with E-state index in [2.05, 4.69) is 25.9 Å². The fraction of sp³-hybridized carbons (Fsp3) is 0.312. The summed E-state index contributed by atoms with van der Waals surface area (Å²) in [5, 5.41) is 0. The summed E-state index contributed by atoms with van der Waals surface area (Å²) in [7, 11) is 0. The second-order valence-electron chi connectivity index (χ2n) is 5.15. The van der Waals surface area contributed by atoms with Gasteiger partial charge >= 0.3 is 0 Å². The van der Waals surface area contributed by atoms with Crippen LogP contribution in [0.5, 0.6) is 0 Å². The molecule has 0 unspecified atom stereocenters. The number of carbonyl (C=O) groups is 1. The first-order valence-electron chi connectivity index (χ1n) is 6.81. The van der Waals surface area contributed by atoms with Gasteiger partial charge in [-0.25, -0.2) is 9.97 Å². The molecule has 1 aliphatic rings. The van der Waals surface area contributed by atoms with Crippen LogP contribution in [0, 0.1) is 6.92 Å². The van der Waals surface area contributed by atoms with E-state index in [9.17, 15) is 4.79 Å². The molecule has 3 rings (SSSR count). The van der Waals surface area contributed by atoms with Crippen LogP contribution in [-0.4, -0.2) is 15.8 Å². The predicted octanol–water partition coefficient (Wildman–Crippen LogP) is 4.12. The number of rotatable bonds is 1. The minimum atomic E-state index is 0.175. The van der Waals surface area contributed by atoms with Crippen molar-refractivity contribution in [3.8, 4) is 11.4 Å². The van der Waals surface area contributed by atoms with E-state index in [1.54, 1.807) is 6.20 Å². The maximum Gasteiger partial charge on any atom is 0.166 e. The van der Waals surface area contributed by atoms with E-state index in [4.69, 9.17) is 0 Å². The molecule has 20 heavy (non-hydrogen) atoms. The molecule has 0 atom stereocenters. The molecule has 1 aromatic carbocycles. The Morgan fingerprint density at radius 1 is 1.20 bits per heavy atom. The molecular weight excluding hydrogens is 316 g/mol. The number of aryl methyl sites for hydroxylation is 2. The smallest absolute Gasteiger partial charge is 0.166 e. The lowest BCUT2D eigenvalue weighted by molar-refractivity contribution is 0.0981. The third-order valence-electron chi connectivity index (χ3n) is 3.67. The Bertz CT molecular complexity index is 682. The van der Waals surface area contributed by atoms with Gasteiger partial charge in [0, 0.05) is 22.7 Å². The summed E-state index contributed by atoms with van der Waals surface area (Å²) in [6.07, 6.45) is 5.14. The zero-order valence-electron chi connectivity index (χ0n) is 11.3. The SMILES string of the molecule is Cc1ccc(-c2ncc3c(n2)CCCCC3=O)cc1Br. The predicted molar refractivity (Wildman–Crippen MR) is 81.8 cm³/mol. The summed E-state index contributed by atoms with van der Waals surface area (Å²) in [4.78, 5) is 20.9. The summed E-state index contributed by atoms with van der Waals surface area (Å²) in [6, 6.07) is 6.08. The number of Topliss-reactive ketones (excluding diaryl/α,β-unsaturated/α-hetero) is 1. The summed E-state index contributed by atoms with van der Waals surface area (Å²) >= 11 is 3.53. The number of hydrogen-bond donors (Lipinski definition) is 0. The molecule has 1 heterocycles. The molecule has 0 amide bonds. The van der Waals surface area contributed by atoms with E-state index in [1.165, 1.54) is 5.56 Å². The first-order valence-corrected chi connectivity index (χ1v) is 7.60. The van der Waals surface area contributed by atoms with Crippen LogP contribution in [-0.2, 0) is 6.42 Å². The Morgan fingerprint density at radius 2 is 2.00 bits per heavy atom. The number of fused-ring (bicyclic) bond motifs is 1. The van der Waals surface area contributed by atoms with Crippen molar-refractivity contribution in [2.24, 2.45) is 0 Å². The maximum absolute atomic E-state index is 12.0. The molecule has 2 aromatic rings. The van der Waals surface area contributed by atoms with E-state index in [0.29, 0.717) is 17.8 Å². The number of hydrogen-bond acceptors (Lipinski definition) is 3. The van der Waals surface area contributed by atoms with Crippen molar-refractivity contribution in [1.82, 2.24) is 9.97 Å². The topological polar surface area (TPSA) is 42.9 Å². The second kappa shape index (κ2) is 5.44. The van der Waals surface area contributed by atoms with Gasteiger partial charge in [-0.05, 0) is 37.8 Å². The fourth-order valence-electron chi connectivity index (χ4n) is 2.42. The summed E-state index contributed by atoms with van der Waals surface area (Å²) in [6.45, 7) is 2.05. The summed E-state index contributed by atoms with van der Waals surface area (Å²) < 4.78 is 1.05. The molecule has 1 aromatic heterocycles. The Kier molecular flexibility index (Phi) is 3.66. The van der Waals surface area contributed by atoms with Crippen molar-refractivity contribution in [3.63, 3.8) is 0 Å². The van der Waals surface area contributed by atoms with Gasteiger partial charge in [-0.3, -0.25) is 4.79 Å². The lowest BCUT2D eigenvalue weighted by Crippen LogP contribution is -2.05. The average molecular weight is 331 g/mol. The number of halogens is 1. The van der Waals surface area contributed by atoms with Crippen molar-refractivity contribution in [3.05, 3.63) is 45.7 Å². The van der Waals surface area contributed by atoms with Crippen LogP contribution >= 0.6 is 15.9 Å². The molecule has 3 nitrogen and oxygen atoms in total. The van der Waals surface area contributed by atoms with Gasteiger partial charge in [0.15, 0.2) is 11.6 Å². The quantitative estimate of drug-likeness (QED) is 0.738. The Balaban J connectivity index is 2.05. The number of carbonyl (C=O) groups excluding carboxylic acids is 1. The molecule has 0 saturated carbocycles. The molecule has 4 heteroatoms. The number of benzene rings is 1. The van der Waals surface area contributed by atoms with Crippen molar-refractivity contribution < 1.29 is 4.79 Å². The molecular formula is C16H15BrN2O. The lowest BCUT2D eigenvalue weighted by Gasteiger charge is -2.07. The van der Waals surface area contributed by atoms with E-state index < -0.39 is 0 Å². The summed E-state index contributed by atoms with van der Waals surface area (Å²) in [5.41, 5.74) is 3.76. The van der Waals surface area contributed by atoms with Gasteiger partial charge < -0.3 is 0 Å². The molecule has 0 saturated heterocycles. The molecule has 1 aliphatic carbocycles. The maximum atomic E-state index is 12.0. The van der Waals surface area contributed by atoms with Gasteiger partial charge in [-0.15, -0.1) is 0 Å². The van der Waals surface area contributed by atoms with Crippen molar-refractivity contribution in [1.29, 1.82) is 0 Å². The Labute approximate surface area is 126 Å². The van der Waals surface area contributed by atoms with Gasteiger partial charge in [0.25, 0.3) is 0 Å².